The lowest BCUT2D eigenvalue weighted by atomic mass is 11.3. The summed E-state index contributed by atoms with van der Waals surface area (Å²) in [5.74, 6) is 0. The second-order valence-corrected chi connectivity index (χ2v) is 3.67. The molecule has 0 atom stereocenters. The summed E-state index contributed by atoms with van der Waals surface area (Å²) in [7, 11) is -3.88. The van der Waals surface area contributed by atoms with Crippen molar-refractivity contribution < 1.29 is 17.5 Å². The number of rotatable bonds is 2. The fourth-order valence-electron chi connectivity index (χ4n) is 0.640. The lowest BCUT2D eigenvalue weighted by Crippen LogP contribution is -2.05. The second-order valence-electron chi connectivity index (χ2n) is 1.93. The van der Waals surface area contributed by atoms with Crippen LogP contribution in [0, 0.1) is 0 Å². The minimum atomic E-state index is -3.88. The van der Waals surface area contributed by atoms with Crippen LogP contribution in [-0.2, 0) is 9.84 Å². The molecule has 0 N–H and O–H groups in total. The zero-order valence-corrected chi connectivity index (χ0v) is 6.80. The normalized spacial score (nSPS) is 11.7. The van der Waals surface area contributed by atoms with Gasteiger partial charge in [-0.05, 0) is 10.3 Å². The Hall–Kier alpha value is -1.77. The molecule has 0 fully saturated rings. The van der Waals surface area contributed by atoms with Crippen molar-refractivity contribution >= 4 is 9.84 Å². The van der Waals surface area contributed by atoms with E-state index in [9.17, 15) is 8.42 Å². The fraction of sp³-hybridized carbons (Fsp3) is 0. The molecular formula is C4H2N4O4S. The highest BCUT2D eigenvalue weighted by Crippen LogP contribution is 2.11. The van der Waals surface area contributed by atoms with Crippen LogP contribution in [0.1, 0.15) is 0 Å². The molecule has 2 aromatic rings. The Balaban J connectivity index is 2.56. The van der Waals surface area contributed by atoms with Gasteiger partial charge in [0.2, 0.25) is 12.8 Å². The molecule has 0 amide bonds. The standard InChI is InChI=1S/C4H2N4O4S/c9-13(10,3-5-1-11-7-3)4-6-2-12-8-4/h1-2H. The highest BCUT2D eigenvalue weighted by molar-refractivity contribution is 7.91. The van der Waals surface area contributed by atoms with Crippen molar-refractivity contribution in [1.82, 2.24) is 20.3 Å². The Kier molecular flexibility index (Phi) is 1.59. The van der Waals surface area contributed by atoms with Gasteiger partial charge in [-0.2, -0.15) is 9.97 Å². The largest absolute Gasteiger partial charge is 0.342 e. The molecule has 0 aromatic carbocycles. The first-order valence-corrected chi connectivity index (χ1v) is 4.47. The van der Waals surface area contributed by atoms with E-state index in [2.05, 4.69) is 29.3 Å². The smallest absolute Gasteiger partial charge is 0.295 e. The summed E-state index contributed by atoms with van der Waals surface area (Å²) in [6.07, 6.45) is 1.79. The quantitative estimate of drug-likeness (QED) is 0.627. The molecule has 0 radical (unpaired) electrons. The van der Waals surface area contributed by atoms with Crippen molar-refractivity contribution in [2.75, 3.05) is 0 Å². The molecule has 2 aromatic heterocycles. The van der Waals surface area contributed by atoms with Crippen LogP contribution in [0.15, 0.2) is 32.1 Å². The average molecular weight is 202 g/mol. The van der Waals surface area contributed by atoms with E-state index in [1.807, 2.05) is 0 Å². The zero-order valence-electron chi connectivity index (χ0n) is 5.98. The van der Waals surface area contributed by atoms with Crippen LogP contribution in [0.5, 0.6) is 0 Å². The van der Waals surface area contributed by atoms with E-state index in [0.717, 1.165) is 12.8 Å². The maximum absolute atomic E-state index is 11.4. The van der Waals surface area contributed by atoms with E-state index in [4.69, 9.17) is 0 Å². The summed E-state index contributed by atoms with van der Waals surface area (Å²) in [6.45, 7) is 0. The third-order valence-corrected chi connectivity index (χ3v) is 2.48. The fourth-order valence-corrected chi connectivity index (χ4v) is 1.45. The van der Waals surface area contributed by atoms with Crippen LogP contribution in [0.4, 0.5) is 0 Å². The topological polar surface area (TPSA) is 112 Å². The highest BCUT2D eigenvalue weighted by Gasteiger charge is 2.27. The third-order valence-electron chi connectivity index (χ3n) is 1.16. The Morgan fingerprint density at radius 3 is 1.77 bits per heavy atom. The van der Waals surface area contributed by atoms with Gasteiger partial charge < -0.3 is 9.05 Å². The lowest BCUT2D eigenvalue weighted by molar-refractivity contribution is 0.393. The Morgan fingerprint density at radius 1 is 1.00 bits per heavy atom. The van der Waals surface area contributed by atoms with E-state index < -0.39 is 20.2 Å². The van der Waals surface area contributed by atoms with Gasteiger partial charge in [-0.15, -0.1) is 0 Å². The number of nitrogens with zero attached hydrogens (tertiary/aromatic N) is 4. The van der Waals surface area contributed by atoms with Gasteiger partial charge in [-0.3, -0.25) is 0 Å². The Morgan fingerprint density at radius 2 is 1.46 bits per heavy atom. The molecule has 9 heteroatoms. The van der Waals surface area contributed by atoms with Crippen LogP contribution in [0.2, 0.25) is 0 Å². The average Bonchev–Trinajstić information content (AvgIpc) is 2.78. The summed E-state index contributed by atoms with van der Waals surface area (Å²) in [5.41, 5.74) is 0. The van der Waals surface area contributed by atoms with Crippen molar-refractivity contribution in [3.63, 3.8) is 0 Å². The first kappa shape index (κ1) is 7.86. The number of hydrogen-bond acceptors (Lipinski definition) is 8. The van der Waals surface area contributed by atoms with Gasteiger partial charge in [0.15, 0.2) is 0 Å². The van der Waals surface area contributed by atoms with Crippen LogP contribution in [-0.4, -0.2) is 28.7 Å². The summed E-state index contributed by atoms with van der Waals surface area (Å²) in [4.78, 5) is 6.71. The van der Waals surface area contributed by atoms with Gasteiger partial charge in [0, 0.05) is 0 Å². The molecule has 0 aliphatic heterocycles. The molecule has 8 nitrogen and oxygen atoms in total. The van der Waals surface area contributed by atoms with Crippen LogP contribution < -0.4 is 0 Å². The van der Waals surface area contributed by atoms with Gasteiger partial charge in [-0.25, -0.2) is 8.42 Å². The van der Waals surface area contributed by atoms with Crippen molar-refractivity contribution in [3.8, 4) is 0 Å². The molecule has 0 spiro atoms. The van der Waals surface area contributed by atoms with Crippen molar-refractivity contribution in [1.29, 1.82) is 0 Å². The highest BCUT2D eigenvalue weighted by atomic mass is 32.2. The van der Waals surface area contributed by atoms with Gasteiger partial charge in [0.05, 0.1) is 0 Å². The van der Waals surface area contributed by atoms with E-state index in [-0.39, 0.29) is 0 Å². The summed E-state index contributed by atoms with van der Waals surface area (Å²) >= 11 is 0. The molecule has 68 valence electrons. The second kappa shape index (κ2) is 2.62. The number of hydrogen-bond donors (Lipinski definition) is 0. The predicted molar refractivity (Wildman–Crippen MR) is 34.0 cm³/mol. The van der Waals surface area contributed by atoms with Gasteiger partial charge in [0.1, 0.15) is 0 Å². The molecular weight excluding hydrogens is 200 g/mol. The van der Waals surface area contributed by atoms with E-state index in [1.54, 1.807) is 0 Å². The Labute approximate surface area is 71.5 Å². The molecule has 0 unspecified atom stereocenters. The maximum Gasteiger partial charge on any atom is 0.295 e. The Bertz CT molecular complexity index is 432. The SMILES string of the molecule is O=S(=O)(c1ncon1)c1ncon1. The minimum absolute atomic E-state index is 0.492. The first-order valence-electron chi connectivity index (χ1n) is 2.99. The van der Waals surface area contributed by atoms with Crippen molar-refractivity contribution in [3.05, 3.63) is 12.8 Å². The maximum atomic E-state index is 11.4. The summed E-state index contributed by atoms with van der Waals surface area (Å²) < 4.78 is 31.3. The third kappa shape index (κ3) is 1.18. The van der Waals surface area contributed by atoms with Crippen LogP contribution in [0.3, 0.4) is 0 Å². The van der Waals surface area contributed by atoms with E-state index in [1.165, 1.54) is 0 Å². The number of aromatic nitrogens is 4. The summed E-state index contributed by atoms with van der Waals surface area (Å²) in [6, 6.07) is 0. The first-order chi connectivity index (χ1) is 6.21. The van der Waals surface area contributed by atoms with Crippen LogP contribution >= 0.6 is 0 Å². The van der Waals surface area contributed by atoms with E-state index in [0.29, 0.717) is 0 Å². The van der Waals surface area contributed by atoms with Crippen LogP contribution in [0.25, 0.3) is 0 Å². The van der Waals surface area contributed by atoms with Crippen molar-refractivity contribution in [2.45, 2.75) is 10.3 Å². The molecule has 0 saturated heterocycles. The van der Waals surface area contributed by atoms with Gasteiger partial charge in [0.25, 0.3) is 20.2 Å². The molecule has 0 bridgehead atoms. The number of sulfone groups is 1. The minimum Gasteiger partial charge on any atom is -0.342 e. The predicted octanol–water partition coefficient (Wildman–Crippen LogP) is -0.715. The molecule has 0 saturated carbocycles. The molecule has 0 aliphatic carbocycles. The van der Waals surface area contributed by atoms with Gasteiger partial charge in [-0.1, -0.05) is 0 Å². The molecule has 2 rings (SSSR count). The summed E-state index contributed by atoms with van der Waals surface area (Å²) in [5, 5.41) is 5.31. The van der Waals surface area contributed by atoms with E-state index >= 15 is 0 Å². The lowest BCUT2D eigenvalue weighted by Gasteiger charge is -1.87. The van der Waals surface area contributed by atoms with Crippen molar-refractivity contribution in [2.24, 2.45) is 0 Å². The van der Waals surface area contributed by atoms with Gasteiger partial charge >= 0.3 is 0 Å². The molecule has 2 heterocycles. The molecule has 0 aliphatic rings. The zero-order chi connectivity index (χ0) is 9.31. The molecule has 13 heavy (non-hydrogen) atoms. The monoisotopic (exact) mass is 202 g/mol.